The van der Waals surface area contributed by atoms with Gasteiger partial charge in [-0.05, 0) is 74.3 Å². The molecule has 4 nitrogen and oxygen atoms in total. The maximum atomic E-state index is 14.0. The molecule has 1 aromatic rings. The normalized spacial score (nSPS) is 20.3. The Kier molecular flexibility index (Phi) is 10.9. The number of hydrogen-bond donors (Lipinski definition) is 0. The number of aryl methyl sites for hydroxylation is 1. The van der Waals surface area contributed by atoms with Gasteiger partial charge in [0, 0.05) is 11.4 Å². The minimum atomic E-state index is -1.34. The second-order valence-corrected chi connectivity index (χ2v) is 12.0. The highest BCUT2D eigenvalue weighted by molar-refractivity contribution is 6.34. The second kappa shape index (κ2) is 12.9. The van der Waals surface area contributed by atoms with Gasteiger partial charge in [0.15, 0.2) is 23.1 Å². The zero-order valence-corrected chi connectivity index (χ0v) is 23.1. The molecule has 0 heterocycles. The van der Waals surface area contributed by atoms with Gasteiger partial charge >= 0.3 is 0 Å². The highest BCUT2D eigenvalue weighted by atomic mass is 35.5. The van der Waals surface area contributed by atoms with Crippen LogP contribution >= 0.6 is 11.6 Å². The van der Waals surface area contributed by atoms with Crippen LogP contribution in [-0.4, -0.2) is 23.1 Å². The van der Waals surface area contributed by atoms with E-state index < -0.39 is 28.8 Å². The quantitative estimate of drug-likeness (QED) is 0.270. The summed E-state index contributed by atoms with van der Waals surface area (Å²) in [5, 5.41) is 0.565. The van der Waals surface area contributed by atoms with Crippen LogP contribution in [0.4, 0.5) is 0 Å². The summed E-state index contributed by atoms with van der Waals surface area (Å²) in [5.41, 5.74) is -0.425. The summed E-state index contributed by atoms with van der Waals surface area (Å²) in [6.45, 7) is 12.4. The molecule has 0 amide bonds. The molecular formula is C30H43ClO4. The smallest absolute Gasteiger partial charge is 0.164 e. The maximum Gasteiger partial charge on any atom is 0.164 e. The van der Waals surface area contributed by atoms with Crippen LogP contribution in [0.15, 0.2) is 24.3 Å². The van der Waals surface area contributed by atoms with Gasteiger partial charge in [0.1, 0.15) is 5.92 Å². The Morgan fingerprint density at radius 3 is 1.91 bits per heavy atom. The van der Waals surface area contributed by atoms with Crippen LogP contribution in [0.3, 0.4) is 0 Å². The SMILES string of the molecule is CC(C)CCC1C(=O)C(C(=O)CCc2ccccc2Cl)C(=O)C(CCC(C)C)(CCC(C)C)C1=O. The van der Waals surface area contributed by atoms with Gasteiger partial charge in [-0.25, -0.2) is 0 Å². The van der Waals surface area contributed by atoms with E-state index in [1.54, 1.807) is 6.07 Å². The van der Waals surface area contributed by atoms with Crippen molar-refractivity contribution in [1.29, 1.82) is 0 Å². The lowest BCUT2D eigenvalue weighted by molar-refractivity contribution is -0.160. The van der Waals surface area contributed by atoms with Crippen molar-refractivity contribution in [3.8, 4) is 0 Å². The summed E-state index contributed by atoms with van der Waals surface area (Å²) in [5.74, 6) is -2.79. The summed E-state index contributed by atoms with van der Waals surface area (Å²) < 4.78 is 0. The van der Waals surface area contributed by atoms with E-state index >= 15 is 0 Å². The summed E-state index contributed by atoms with van der Waals surface area (Å²) >= 11 is 6.26. The van der Waals surface area contributed by atoms with Crippen molar-refractivity contribution in [1.82, 2.24) is 0 Å². The van der Waals surface area contributed by atoms with Crippen molar-refractivity contribution in [2.75, 3.05) is 0 Å². The summed E-state index contributed by atoms with van der Waals surface area (Å²) in [7, 11) is 0. The van der Waals surface area contributed by atoms with Gasteiger partial charge in [-0.1, -0.05) is 71.3 Å². The minimum Gasteiger partial charge on any atom is -0.298 e. The Morgan fingerprint density at radius 2 is 1.40 bits per heavy atom. The fourth-order valence-corrected chi connectivity index (χ4v) is 5.29. The third-order valence-corrected chi connectivity index (χ3v) is 7.77. The first kappa shape index (κ1) is 29.4. The Hall–Kier alpha value is -1.81. The van der Waals surface area contributed by atoms with Crippen LogP contribution in [-0.2, 0) is 25.6 Å². The largest absolute Gasteiger partial charge is 0.298 e. The number of ketones is 4. The van der Waals surface area contributed by atoms with Crippen LogP contribution in [0.25, 0.3) is 0 Å². The van der Waals surface area contributed by atoms with Crippen molar-refractivity contribution < 1.29 is 19.2 Å². The number of Topliss-reactive ketones (excluding diaryl/α,β-unsaturated/α-hetero) is 4. The van der Waals surface area contributed by atoms with E-state index in [4.69, 9.17) is 11.6 Å². The first-order chi connectivity index (χ1) is 16.4. The Balaban J connectivity index is 2.44. The molecule has 1 fully saturated rings. The Bertz CT molecular complexity index is 903. The number of rotatable bonds is 13. The van der Waals surface area contributed by atoms with Gasteiger partial charge in [0.2, 0.25) is 0 Å². The lowest BCUT2D eigenvalue weighted by Gasteiger charge is -2.41. The van der Waals surface area contributed by atoms with Gasteiger partial charge in [0.05, 0.1) is 11.3 Å². The van der Waals surface area contributed by atoms with Crippen LogP contribution < -0.4 is 0 Å². The molecule has 35 heavy (non-hydrogen) atoms. The van der Waals surface area contributed by atoms with E-state index in [2.05, 4.69) is 41.5 Å². The predicted molar refractivity (Wildman–Crippen MR) is 141 cm³/mol. The molecule has 0 radical (unpaired) electrons. The van der Waals surface area contributed by atoms with E-state index in [9.17, 15) is 19.2 Å². The molecule has 0 N–H and O–H groups in total. The first-order valence-electron chi connectivity index (χ1n) is 13.3. The lowest BCUT2D eigenvalue weighted by Crippen LogP contribution is -2.58. The third kappa shape index (κ3) is 7.35. The fraction of sp³-hybridized carbons (Fsp3) is 0.667. The Morgan fingerprint density at radius 1 is 0.857 bits per heavy atom. The number of benzene rings is 1. The van der Waals surface area contributed by atoms with Crippen LogP contribution in [0.1, 0.15) is 92.1 Å². The minimum absolute atomic E-state index is 0.0570. The zero-order chi connectivity index (χ0) is 26.3. The monoisotopic (exact) mass is 502 g/mol. The van der Waals surface area contributed by atoms with Crippen LogP contribution in [0, 0.1) is 35.0 Å². The second-order valence-electron chi connectivity index (χ2n) is 11.6. The molecule has 0 aliphatic heterocycles. The van der Waals surface area contributed by atoms with Crippen LogP contribution in [0.2, 0.25) is 5.02 Å². The molecule has 0 bridgehead atoms. The molecule has 1 saturated carbocycles. The molecule has 1 aromatic carbocycles. The molecule has 5 heteroatoms. The molecule has 194 valence electrons. The van der Waals surface area contributed by atoms with E-state index in [1.165, 1.54) is 0 Å². The lowest BCUT2D eigenvalue weighted by atomic mass is 9.57. The molecule has 2 rings (SSSR count). The third-order valence-electron chi connectivity index (χ3n) is 7.40. The van der Waals surface area contributed by atoms with E-state index in [0.29, 0.717) is 67.7 Å². The molecule has 0 saturated heterocycles. The average molecular weight is 503 g/mol. The van der Waals surface area contributed by atoms with Gasteiger partial charge < -0.3 is 0 Å². The molecular weight excluding hydrogens is 460 g/mol. The predicted octanol–water partition coefficient (Wildman–Crippen LogP) is 7.09. The standard InChI is InChI=1S/C30H43ClO4/c1-19(2)11-13-23-27(33)26(25(32)14-12-22-9-7-8-10-24(22)31)29(35)30(28(23)34,17-15-20(3)4)18-16-21(5)6/h7-10,19-21,23,26H,11-18H2,1-6H3. The molecule has 0 spiro atoms. The van der Waals surface area contributed by atoms with Crippen LogP contribution in [0.5, 0.6) is 0 Å². The Labute approximate surface area is 216 Å². The van der Waals surface area contributed by atoms with Crippen molar-refractivity contribution in [3.63, 3.8) is 0 Å². The summed E-state index contributed by atoms with van der Waals surface area (Å²) in [4.78, 5) is 55.0. The highest BCUT2D eigenvalue weighted by Crippen LogP contribution is 2.45. The topological polar surface area (TPSA) is 68.3 Å². The summed E-state index contributed by atoms with van der Waals surface area (Å²) in [6.07, 6.45) is 3.78. The number of halogens is 1. The average Bonchev–Trinajstić information content (AvgIpc) is 2.77. The number of carbonyl (C=O) groups excluding carboxylic acids is 4. The molecule has 1 aliphatic carbocycles. The van der Waals surface area contributed by atoms with E-state index in [1.807, 2.05) is 18.2 Å². The van der Waals surface area contributed by atoms with Gasteiger partial charge in [-0.3, -0.25) is 19.2 Å². The molecule has 1 aliphatic rings. The molecule has 2 unspecified atom stereocenters. The van der Waals surface area contributed by atoms with Gasteiger partial charge in [-0.2, -0.15) is 0 Å². The first-order valence-corrected chi connectivity index (χ1v) is 13.7. The van der Waals surface area contributed by atoms with Crippen molar-refractivity contribution >= 4 is 34.7 Å². The van der Waals surface area contributed by atoms with Crippen molar-refractivity contribution in [2.45, 2.75) is 92.9 Å². The van der Waals surface area contributed by atoms with Crippen molar-refractivity contribution in [2.24, 2.45) is 35.0 Å². The van der Waals surface area contributed by atoms with E-state index in [-0.39, 0.29) is 18.0 Å². The number of hydrogen-bond acceptors (Lipinski definition) is 4. The number of carbonyl (C=O) groups is 4. The summed E-state index contributed by atoms with van der Waals surface area (Å²) in [6, 6.07) is 7.29. The zero-order valence-electron chi connectivity index (χ0n) is 22.4. The van der Waals surface area contributed by atoms with Gasteiger partial charge in [0.25, 0.3) is 0 Å². The maximum absolute atomic E-state index is 14.0. The highest BCUT2D eigenvalue weighted by Gasteiger charge is 2.59. The molecule has 2 atom stereocenters. The fourth-order valence-electron chi connectivity index (χ4n) is 5.06. The van der Waals surface area contributed by atoms with Gasteiger partial charge in [-0.15, -0.1) is 0 Å². The molecule has 0 aromatic heterocycles. The van der Waals surface area contributed by atoms with E-state index in [0.717, 1.165) is 5.56 Å². The van der Waals surface area contributed by atoms with Crippen molar-refractivity contribution in [3.05, 3.63) is 34.9 Å².